The van der Waals surface area contributed by atoms with Crippen LogP contribution in [-0.4, -0.2) is 34.3 Å². The molecule has 0 aliphatic heterocycles. The second-order valence-corrected chi connectivity index (χ2v) is 9.27. The molecule has 0 saturated carbocycles. The molecule has 0 amide bonds. The van der Waals surface area contributed by atoms with Gasteiger partial charge in [0.25, 0.3) is 0 Å². The average molecular weight is 424 g/mol. The van der Waals surface area contributed by atoms with Crippen LogP contribution in [0.15, 0.2) is 24.3 Å². The van der Waals surface area contributed by atoms with Gasteiger partial charge in [-0.25, -0.2) is 4.79 Å². The smallest absolute Gasteiger partial charge is 0.331 e. The molecule has 0 spiro atoms. The van der Waals surface area contributed by atoms with Crippen molar-refractivity contribution in [1.82, 2.24) is 4.72 Å². The number of methoxy groups -OCH3 is 1. The van der Waals surface area contributed by atoms with E-state index in [9.17, 15) is 14.5 Å². The maximum atomic E-state index is 12.6. The first-order chi connectivity index (χ1) is 12.0. The summed E-state index contributed by atoms with van der Waals surface area (Å²) in [6, 6.07) is 2.42. The Bertz CT molecular complexity index is 663. The van der Waals surface area contributed by atoms with Gasteiger partial charge in [-0.15, -0.1) is 4.72 Å². The van der Waals surface area contributed by atoms with Gasteiger partial charge in [-0.1, -0.05) is 29.8 Å². The van der Waals surface area contributed by atoms with Crippen LogP contribution < -0.4 is 9.46 Å². The fourth-order valence-electron chi connectivity index (χ4n) is 1.96. The van der Waals surface area contributed by atoms with Crippen molar-refractivity contribution >= 4 is 40.5 Å². The molecule has 0 saturated heterocycles. The molecule has 2 atom stereocenters. The van der Waals surface area contributed by atoms with E-state index in [0.717, 1.165) is 0 Å². The number of carbonyl (C=O) groups is 1. The molecule has 0 bridgehead atoms. The van der Waals surface area contributed by atoms with Crippen molar-refractivity contribution in [2.75, 3.05) is 13.9 Å². The van der Waals surface area contributed by atoms with Crippen LogP contribution in [-0.2, 0) is 20.9 Å². The van der Waals surface area contributed by atoms with Gasteiger partial charge < -0.3 is 19.1 Å². The molecule has 0 unspecified atom stereocenters. The highest BCUT2D eigenvalue weighted by molar-refractivity contribution is 7.90. The van der Waals surface area contributed by atoms with Crippen molar-refractivity contribution in [3.63, 3.8) is 0 Å². The second-order valence-electron chi connectivity index (χ2n) is 6.49. The summed E-state index contributed by atoms with van der Waals surface area (Å²) in [5.74, 6) is -0.807. The third-order valence-corrected chi connectivity index (χ3v) is 5.76. The Kier molecular flexibility index (Phi) is 8.72. The maximum Gasteiger partial charge on any atom is 0.331 e. The lowest BCUT2D eigenvalue weighted by Gasteiger charge is -2.29. The topological polar surface area (TPSA) is 90.9 Å². The summed E-state index contributed by atoms with van der Waals surface area (Å²) in [6.45, 7) is 8.89. The molecule has 9 heteroatoms. The standard InChI is InChI=1S/C17H23Cl2NO5S/c1-10(16(21)22)8-12(20-26(23)17(2,3)4)14-13(25-9-24-5)7-6-11(18)15(14)19/h6-7,12,20H,1,8-9H2,2-5H3,(H,21,22)/t12-,26+/m1/s1. The van der Waals surface area contributed by atoms with Crippen LogP contribution in [0.2, 0.25) is 10.0 Å². The first-order valence-corrected chi connectivity index (χ1v) is 9.58. The van der Waals surface area contributed by atoms with Crippen LogP contribution in [0.3, 0.4) is 0 Å². The predicted octanol–water partition coefficient (Wildman–Crippen LogP) is 4.10. The Morgan fingerprint density at radius 3 is 2.54 bits per heavy atom. The summed E-state index contributed by atoms with van der Waals surface area (Å²) in [7, 11) is 1.47. The van der Waals surface area contributed by atoms with Gasteiger partial charge >= 0.3 is 5.97 Å². The van der Waals surface area contributed by atoms with Crippen LogP contribution in [0.5, 0.6) is 5.75 Å². The number of hydrogen-bond acceptors (Lipinski definition) is 5. The number of aliphatic carboxylic acids is 1. The molecule has 0 heterocycles. The van der Waals surface area contributed by atoms with Gasteiger partial charge in [0.2, 0.25) is 0 Å². The number of hydrogen-bond donors (Lipinski definition) is 2. The highest BCUT2D eigenvalue weighted by atomic mass is 35.5. The summed E-state index contributed by atoms with van der Waals surface area (Å²) < 4.78 is 25.4. The number of halogens is 2. The number of rotatable bonds is 9. The minimum Gasteiger partial charge on any atom is -0.598 e. The molecule has 1 rings (SSSR count). The molecule has 0 radical (unpaired) electrons. The van der Waals surface area contributed by atoms with Crippen molar-refractivity contribution in [3.05, 3.63) is 39.9 Å². The van der Waals surface area contributed by atoms with Crippen LogP contribution in [0.25, 0.3) is 0 Å². The van der Waals surface area contributed by atoms with E-state index in [-0.39, 0.29) is 28.8 Å². The lowest BCUT2D eigenvalue weighted by molar-refractivity contribution is -0.132. The number of nitrogens with one attached hydrogen (secondary N) is 1. The first kappa shape index (κ1) is 23.1. The molecule has 1 aromatic rings. The number of carboxylic acid groups (broad SMARTS) is 1. The largest absolute Gasteiger partial charge is 0.598 e. The van der Waals surface area contributed by atoms with E-state index in [1.54, 1.807) is 32.9 Å². The van der Waals surface area contributed by atoms with Crippen molar-refractivity contribution in [3.8, 4) is 5.75 Å². The Labute approximate surface area is 166 Å². The molecule has 146 valence electrons. The fraction of sp³-hybridized carbons (Fsp3) is 0.471. The molecule has 26 heavy (non-hydrogen) atoms. The van der Waals surface area contributed by atoms with Gasteiger partial charge in [0, 0.05) is 36.0 Å². The summed E-state index contributed by atoms with van der Waals surface area (Å²) >= 11 is 11.0. The SMILES string of the molecule is C=C(C[C@@H](N[S@@+]([O-])C(C)(C)C)c1c(OCOC)ccc(Cl)c1Cl)C(=O)O. The Morgan fingerprint density at radius 1 is 1.42 bits per heavy atom. The number of carboxylic acids is 1. The Morgan fingerprint density at radius 2 is 2.04 bits per heavy atom. The zero-order valence-corrected chi connectivity index (χ0v) is 17.4. The van der Waals surface area contributed by atoms with Crippen LogP contribution in [0.1, 0.15) is 38.8 Å². The molecular formula is C17H23Cl2NO5S. The molecule has 0 fully saturated rings. The molecule has 0 aliphatic rings. The molecular weight excluding hydrogens is 401 g/mol. The maximum absolute atomic E-state index is 12.6. The highest BCUT2D eigenvalue weighted by Crippen LogP contribution is 2.40. The summed E-state index contributed by atoms with van der Waals surface area (Å²) in [6.07, 6.45) is -0.0411. The summed E-state index contributed by atoms with van der Waals surface area (Å²) in [5.41, 5.74) is 0.332. The van der Waals surface area contributed by atoms with Crippen LogP contribution in [0.4, 0.5) is 0 Å². The normalized spacial score (nSPS) is 14.0. The Balaban J connectivity index is 3.37. The summed E-state index contributed by atoms with van der Waals surface area (Å²) in [4.78, 5) is 11.2. The van der Waals surface area contributed by atoms with E-state index in [1.807, 2.05) is 0 Å². The van der Waals surface area contributed by atoms with Gasteiger partial charge in [-0.2, -0.15) is 0 Å². The lowest BCUT2D eigenvalue weighted by Crippen LogP contribution is -2.41. The van der Waals surface area contributed by atoms with Crippen LogP contribution in [0, 0.1) is 0 Å². The monoisotopic (exact) mass is 423 g/mol. The molecule has 6 nitrogen and oxygen atoms in total. The van der Waals surface area contributed by atoms with Gasteiger partial charge in [0.05, 0.1) is 16.1 Å². The third kappa shape index (κ3) is 6.33. The molecule has 0 aromatic heterocycles. The van der Waals surface area contributed by atoms with Gasteiger partial charge in [0.1, 0.15) is 10.5 Å². The molecule has 1 aromatic carbocycles. The van der Waals surface area contributed by atoms with E-state index in [1.165, 1.54) is 7.11 Å². The zero-order chi connectivity index (χ0) is 20.1. The molecule has 0 aliphatic carbocycles. The predicted molar refractivity (Wildman–Crippen MR) is 104 cm³/mol. The second kappa shape index (κ2) is 9.82. The van der Waals surface area contributed by atoms with Crippen LogP contribution >= 0.6 is 23.2 Å². The van der Waals surface area contributed by atoms with Crippen molar-refractivity contribution in [2.45, 2.75) is 38.0 Å². The minimum atomic E-state index is -1.50. The zero-order valence-electron chi connectivity index (χ0n) is 15.1. The van der Waals surface area contributed by atoms with E-state index in [2.05, 4.69) is 11.3 Å². The number of ether oxygens (including phenoxy) is 2. The fourth-order valence-corrected chi connectivity index (χ4v) is 3.23. The van der Waals surface area contributed by atoms with E-state index in [4.69, 9.17) is 32.7 Å². The van der Waals surface area contributed by atoms with Crippen molar-refractivity contribution in [1.29, 1.82) is 0 Å². The first-order valence-electron chi connectivity index (χ1n) is 7.67. The lowest BCUT2D eigenvalue weighted by atomic mass is 9.99. The highest BCUT2D eigenvalue weighted by Gasteiger charge is 2.33. The van der Waals surface area contributed by atoms with Gasteiger partial charge in [0.15, 0.2) is 6.79 Å². The minimum absolute atomic E-state index is 0.0411. The van der Waals surface area contributed by atoms with Crippen molar-refractivity contribution in [2.24, 2.45) is 0 Å². The number of benzene rings is 1. The Hall–Kier alpha value is -0.960. The van der Waals surface area contributed by atoms with E-state index in [0.29, 0.717) is 11.3 Å². The summed E-state index contributed by atoms with van der Waals surface area (Å²) in [5, 5.41) is 9.64. The average Bonchev–Trinajstić information content (AvgIpc) is 2.54. The van der Waals surface area contributed by atoms with E-state index < -0.39 is 28.1 Å². The van der Waals surface area contributed by atoms with Gasteiger partial charge in [-0.3, -0.25) is 0 Å². The quantitative estimate of drug-likeness (QED) is 0.352. The molecule has 2 N–H and O–H groups in total. The van der Waals surface area contributed by atoms with Crippen molar-refractivity contribution < 1.29 is 23.9 Å². The third-order valence-electron chi connectivity index (χ3n) is 3.33. The van der Waals surface area contributed by atoms with Gasteiger partial charge in [-0.05, 0) is 32.9 Å². The van der Waals surface area contributed by atoms with E-state index >= 15 is 0 Å².